The van der Waals surface area contributed by atoms with Gasteiger partial charge in [0.15, 0.2) is 0 Å². The first-order valence-electron chi connectivity index (χ1n) is 9.19. The maximum absolute atomic E-state index is 13.2. The van der Waals surface area contributed by atoms with E-state index in [0.717, 1.165) is 16.0 Å². The third-order valence-corrected chi connectivity index (χ3v) is 8.39. The summed E-state index contributed by atoms with van der Waals surface area (Å²) in [5, 5.41) is 4.43. The standard InChI is InChI=1S/C22H21NO4S2/c1-13-4-5-15(10-14(13)2)18-11-20(24)23-21-19(12-28-22(18)21)29(25,26)17-8-6-16(27-3)7-9-17/h4-10,12,18H,11H2,1-3H3,(H,23,24)/t18-/m0/s1. The quantitative estimate of drug-likeness (QED) is 0.656. The van der Waals surface area contributed by atoms with Crippen molar-refractivity contribution in [3.8, 4) is 5.75 Å². The second-order valence-corrected chi connectivity index (χ2v) is 10.00. The molecular weight excluding hydrogens is 406 g/mol. The van der Waals surface area contributed by atoms with Gasteiger partial charge >= 0.3 is 0 Å². The average molecular weight is 428 g/mol. The Hall–Kier alpha value is -2.64. The lowest BCUT2D eigenvalue weighted by Crippen LogP contribution is -2.23. The molecule has 0 fully saturated rings. The van der Waals surface area contributed by atoms with Gasteiger partial charge in [-0.15, -0.1) is 11.3 Å². The van der Waals surface area contributed by atoms with Crippen LogP contribution in [0.4, 0.5) is 5.69 Å². The SMILES string of the molecule is COc1ccc(S(=O)(=O)c2csc3c2NC(=O)C[C@H]3c2ccc(C)c(C)c2)cc1. The van der Waals surface area contributed by atoms with Crippen molar-refractivity contribution in [2.24, 2.45) is 0 Å². The van der Waals surface area contributed by atoms with E-state index in [1.807, 2.05) is 26.0 Å². The number of nitrogens with one attached hydrogen (secondary N) is 1. The van der Waals surface area contributed by atoms with Crippen molar-refractivity contribution < 1.29 is 17.9 Å². The monoisotopic (exact) mass is 427 g/mol. The minimum atomic E-state index is -3.77. The molecule has 4 rings (SSSR count). The van der Waals surface area contributed by atoms with Gasteiger partial charge in [-0.2, -0.15) is 0 Å². The van der Waals surface area contributed by atoms with E-state index in [4.69, 9.17) is 4.74 Å². The predicted octanol–water partition coefficient (Wildman–Crippen LogP) is 4.68. The number of anilines is 1. The summed E-state index contributed by atoms with van der Waals surface area (Å²) in [5.74, 6) is 0.257. The number of hydrogen-bond acceptors (Lipinski definition) is 5. The number of rotatable bonds is 4. The molecule has 0 unspecified atom stereocenters. The van der Waals surface area contributed by atoms with Gasteiger partial charge in [0.25, 0.3) is 0 Å². The van der Waals surface area contributed by atoms with Crippen molar-refractivity contribution in [3.05, 3.63) is 69.4 Å². The lowest BCUT2D eigenvalue weighted by Gasteiger charge is -2.24. The number of aryl methyl sites for hydroxylation is 2. The molecule has 1 aliphatic rings. The van der Waals surface area contributed by atoms with E-state index in [2.05, 4.69) is 11.4 Å². The summed E-state index contributed by atoms with van der Waals surface area (Å²) in [7, 11) is -2.24. The summed E-state index contributed by atoms with van der Waals surface area (Å²) in [5.41, 5.74) is 3.77. The molecule has 0 aliphatic carbocycles. The fourth-order valence-electron chi connectivity index (χ4n) is 3.53. The highest BCUT2D eigenvalue weighted by atomic mass is 32.2. The molecule has 1 aliphatic heterocycles. The summed E-state index contributed by atoms with van der Waals surface area (Å²) < 4.78 is 31.6. The number of carbonyl (C=O) groups is 1. The van der Waals surface area contributed by atoms with Crippen LogP contribution in [0, 0.1) is 13.8 Å². The van der Waals surface area contributed by atoms with Crippen LogP contribution in [0.25, 0.3) is 0 Å². The Balaban J connectivity index is 1.80. The maximum atomic E-state index is 13.2. The van der Waals surface area contributed by atoms with Crippen molar-refractivity contribution >= 4 is 32.8 Å². The second kappa shape index (κ2) is 7.31. The Morgan fingerprint density at radius 2 is 1.79 bits per heavy atom. The first kappa shape index (κ1) is 19.7. The number of fused-ring (bicyclic) bond motifs is 1. The van der Waals surface area contributed by atoms with Gasteiger partial charge in [0.05, 0.1) is 17.7 Å². The highest BCUT2D eigenvalue weighted by Gasteiger charge is 2.34. The third kappa shape index (κ3) is 3.45. The molecule has 1 amide bonds. The van der Waals surface area contributed by atoms with Crippen LogP contribution in [0.15, 0.2) is 57.6 Å². The minimum absolute atomic E-state index is 0.143. The number of hydrogen-bond donors (Lipinski definition) is 1. The van der Waals surface area contributed by atoms with Crippen LogP contribution in [0.1, 0.15) is 33.9 Å². The highest BCUT2D eigenvalue weighted by Crippen LogP contribution is 2.46. The van der Waals surface area contributed by atoms with E-state index in [1.54, 1.807) is 17.5 Å². The lowest BCUT2D eigenvalue weighted by atomic mass is 9.89. The van der Waals surface area contributed by atoms with E-state index in [-0.39, 0.29) is 21.6 Å². The van der Waals surface area contributed by atoms with Gasteiger partial charge in [0.2, 0.25) is 15.7 Å². The Morgan fingerprint density at radius 3 is 2.45 bits per heavy atom. The fourth-order valence-corrected chi connectivity index (χ4v) is 6.44. The number of methoxy groups -OCH3 is 1. The number of amides is 1. The third-order valence-electron chi connectivity index (χ3n) is 5.35. The summed E-state index contributed by atoms with van der Waals surface area (Å²) in [6, 6.07) is 12.4. The molecule has 7 heteroatoms. The molecule has 0 bridgehead atoms. The van der Waals surface area contributed by atoms with Crippen LogP contribution in [0.2, 0.25) is 0 Å². The number of sulfone groups is 1. The molecule has 29 heavy (non-hydrogen) atoms. The molecule has 3 aromatic rings. The molecule has 2 aromatic carbocycles. The van der Waals surface area contributed by atoms with Gasteiger partial charge in [-0.1, -0.05) is 18.2 Å². The van der Waals surface area contributed by atoms with E-state index < -0.39 is 9.84 Å². The van der Waals surface area contributed by atoms with Crippen molar-refractivity contribution in [1.82, 2.24) is 0 Å². The smallest absolute Gasteiger partial charge is 0.225 e. The molecule has 0 radical (unpaired) electrons. The van der Waals surface area contributed by atoms with E-state index >= 15 is 0 Å². The second-order valence-electron chi connectivity index (χ2n) is 7.17. The van der Waals surface area contributed by atoms with E-state index in [9.17, 15) is 13.2 Å². The zero-order chi connectivity index (χ0) is 20.8. The molecule has 150 valence electrons. The van der Waals surface area contributed by atoms with Crippen molar-refractivity contribution in [1.29, 1.82) is 0 Å². The van der Waals surface area contributed by atoms with Gasteiger partial charge in [0, 0.05) is 22.6 Å². The molecule has 0 saturated heterocycles. The normalized spacial score (nSPS) is 16.2. The first-order chi connectivity index (χ1) is 13.8. The molecule has 1 N–H and O–H groups in total. The van der Waals surface area contributed by atoms with Gasteiger partial charge in [-0.25, -0.2) is 8.42 Å². The number of benzene rings is 2. The number of ether oxygens (including phenoxy) is 1. The van der Waals surface area contributed by atoms with Crippen LogP contribution >= 0.6 is 11.3 Å². The molecular formula is C22H21NO4S2. The topological polar surface area (TPSA) is 72.5 Å². The van der Waals surface area contributed by atoms with Crippen LogP contribution in [0.5, 0.6) is 5.75 Å². The summed E-state index contributed by atoms with van der Waals surface area (Å²) >= 11 is 1.38. The molecule has 5 nitrogen and oxygen atoms in total. The molecule has 0 spiro atoms. The Labute approximate surface area is 174 Å². The van der Waals surface area contributed by atoms with Gasteiger partial charge in [-0.05, 0) is 54.8 Å². The van der Waals surface area contributed by atoms with Crippen molar-refractivity contribution in [3.63, 3.8) is 0 Å². The van der Waals surface area contributed by atoms with Crippen LogP contribution in [-0.2, 0) is 14.6 Å². The molecule has 1 aromatic heterocycles. The van der Waals surface area contributed by atoms with Crippen molar-refractivity contribution in [2.75, 3.05) is 12.4 Å². The van der Waals surface area contributed by atoms with Crippen LogP contribution < -0.4 is 10.1 Å². The van der Waals surface area contributed by atoms with E-state index in [1.165, 1.54) is 36.1 Å². The lowest BCUT2D eigenvalue weighted by molar-refractivity contribution is -0.116. The Morgan fingerprint density at radius 1 is 1.07 bits per heavy atom. The van der Waals surface area contributed by atoms with Gasteiger partial charge < -0.3 is 10.1 Å². The largest absolute Gasteiger partial charge is 0.497 e. The minimum Gasteiger partial charge on any atom is -0.497 e. The summed E-state index contributed by atoms with van der Waals surface area (Å²) in [4.78, 5) is 13.6. The maximum Gasteiger partial charge on any atom is 0.225 e. The Bertz CT molecular complexity index is 1190. The molecule has 1 atom stereocenters. The number of carbonyl (C=O) groups excluding carboxylic acids is 1. The van der Waals surface area contributed by atoms with Gasteiger partial charge in [-0.3, -0.25) is 4.79 Å². The fraction of sp³-hybridized carbons (Fsp3) is 0.227. The summed E-state index contributed by atoms with van der Waals surface area (Å²) in [6.07, 6.45) is 0.304. The first-order valence-corrected chi connectivity index (χ1v) is 11.5. The zero-order valence-electron chi connectivity index (χ0n) is 16.4. The molecule has 2 heterocycles. The molecule has 0 saturated carbocycles. The van der Waals surface area contributed by atoms with E-state index in [0.29, 0.717) is 17.9 Å². The summed E-state index contributed by atoms with van der Waals surface area (Å²) in [6.45, 7) is 4.08. The van der Waals surface area contributed by atoms with Gasteiger partial charge in [0.1, 0.15) is 10.6 Å². The Kier molecular flexibility index (Phi) is 4.96. The van der Waals surface area contributed by atoms with Crippen molar-refractivity contribution in [2.45, 2.75) is 36.0 Å². The van der Waals surface area contributed by atoms with Crippen LogP contribution in [0.3, 0.4) is 0 Å². The predicted molar refractivity (Wildman–Crippen MR) is 114 cm³/mol. The highest BCUT2D eigenvalue weighted by molar-refractivity contribution is 7.91. The number of thiophene rings is 1. The zero-order valence-corrected chi connectivity index (χ0v) is 18.0. The average Bonchev–Trinajstić information content (AvgIpc) is 3.14. The van der Waals surface area contributed by atoms with Crippen LogP contribution in [-0.4, -0.2) is 21.4 Å².